The maximum atomic E-state index is 5.64. The number of ether oxygens (including phenoxy) is 3. The van der Waals surface area contributed by atoms with E-state index in [2.05, 4.69) is 32.9 Å². The summed E-state index contributed by atoms with van der Waals surface area (Å²) in [6, 6.07) is 4.38. The SMILES string of the molecule is CCCCC[P+](CCCCC)(CCCCC)Cc1cc(OC)c(OC)c(OC)c1. The molecule has 1 aromatic rings. The minimum atomic E-state index is -1.04. The zero-order valence-electron chi connectivity index (χ0n) is 20.0. The van der Waals surface area contributed by atoms with Gasteiger partial charge in [-0.3, -0.25) is 0 Å². The van der Waals surface area contributed by atoms with Gasteiger partial charge in [0.15, 0.2) is 11.5 Å². The maximum absolute atomic E-state index is 5.64. The third kappa shape index (κ3) is 8.75. The molecule has 29 heavy (non-hydrogen) atoms. The summed E-state index contributed by atoms with van der Waals surface area (Å²) >= 11 is 0. The predicted molar refractivity (Wildman–Crippen MR) is 130 cm³/mol. The highest BCUT2D eigenvalue weighted by atomic mass is 31.2. The van der Waals surface area contributed by atoms with Crippen molar-refractivity contribution in [1.82, 2.24) is 0 Å². The first kappa shape index (κ1) is 26.1. The molecule has 0 aromatic heterocycles. The average molecular weight is 426 g/mol. The van der Waals surface area contributed by atoms with Crippen molar-refractivity contribution in [3.63, 3.8) is 0 Å². The first-order valence-electron chi connectivity index (χ1n) is 11.7. The van der Waals surface area contributed by atoms with E-state index in [1.54, 1.807) is 21.3 Å². The Kier molecular flexibility index (Phi) is 13.4. The molecule has 0 unspecified atom stereocenters. The van der Waals surface area contributed by atoms with Crippen molar-refractivity contribution in [2.24, 2.45) is 0 Å². The molecule has 0 bridgehead atoms. The molecule has 0 fully saturated rings. The Morgan fingerprint density at radius 1 is 0.621 bits per heavy atom. The molecule has 1 rings (SSSR count). The summed E-state index contributed by atoms with van der Waals surface area (Å²) in [7, 11) is 4.07. The van der Waals surface area contributed by atoms with Gasteiger partial charge in [0.05, 0.1) is 46.0 Å². The van der Waals surface area contributed by atoms with Crippen LogP contribution >= 0.6 is 7.26 Å². The van der Waals surface area contributed by atoms with Crippen LogP contribution in [0.4, 0.5) is 0 Å². The molecule has 168 valence electrons. The number of hydrogen-bond donors (Lipinski definition) is 0. The third-order valence-corrected chi connectivity index (χ3v) is 10.8. The van der Waals surface area contributed by atoms with Crippen molar-refractivity contribution in [3.8, 4) is 17.2 Å². The molecule has 0 radical (unpaired) electrons. The highest BCUT2D eigenvalue weighted by Gasteiger charge is 2.36. The number of methoxy groups -OCH3 is 3. The predicted octanol–water partition coefficient (Wildman–Crippen LogP) is 7.80. The third-order valence-electron chi connectivity index (χ3n) is 5.95. The van der Waals surface area contributed by atoms with Crippen LogP contribution in [0.2, 0.25) is 0 Å². The fourth-order valence-corrected chi connectivity index (χ4v) is 9.06. The zero-order valence-corrected chi connectivity index (χ0v) is 20.9. The van der Waals surface area contributed by atoms with E-state index in [0.717, 1.165) is 11.5 Å². The van der Waals surface area contributed by atoms with Gasteiger partial charge < -0.3 is 14.2 Å². The molecule has 0 saturated carbocycles. The van der Waals surface area contributed by atoms with Crippen LogP contribution in [0.15, 0.2) is 12.1 Å². The standard InChI is InChI=1S/C25H46O3P/c1-7-10-13-16-29(17-14-11-8-2,18-15-12-9-3)21-22-19-23(26-4)25(28-6)24(20-22)27-5/h19-20H,7-18,21H2,1-6H3/q+1. The lowest BCUT2D eigenvalue weighted by atomic mass is 10.2. The van der Waals surface area contributed by atoms with Crippen molar-refractivity contribution in [3.05, 3.63) is 17.7 Å². The van der Waals surface area contributed by atoms with E-state index in [-0.39, 0.29) is 0 Å². The second-order valence-electron chi connectivity index (χ2n) is 8.33. The fraction of sp³-hybridized carbons (Fsp3) is 0.760. The molecule has 0 N–H and O–H groups in total. The van der Waals surface area contributed by atoms with E-state index in [1.807, 2.05) is 0 Å². The quantitative estimate of drug-likeness (QED) is 0.188. The monoisotopic (exact) mass is 425 g/mol. The Bertz CT molecular complexity index is 507. The van der Waals surface area contributed by atoms with E-state index in [4.69, 9.17) is 14.2 Å². The number of benzene rings is 1. The van der Waals surface area contributed by atoms with Crippen molar-refractivity contribution < 1.29 is 14.2 Å². The van der Waals surface area contributed by atoms with Crippen LogP contribution in [-0.2, 0) is 6.16 Å². The minimum absolute atomic E-state index is 0.700. The Labute approximate surface area is 181 Å². The largest absolute Gasteiger partial charge is 0.493 e. The Hall–Kier alpha value is -0.950. The molecule has 0 heterocycles. The van der Waals surface area contributed by atoms with Crippen LogP contribution in [0.25, 0.3) is 0 Å². The fourth-order valence-electron chi connectivity index (χ4n) is 4.28. The summed E-state index contributed by atoms with van der Waals surface area (Å²) in [4.78, 5) is 0. The smallest absolute Gasteiger partial charge is 0.203 e. The Morgan fingerprint density at radius 2 is 1.03 bits per heavy atom. The second-order valence-corrected chi connectivity index (χ2v) is 12.7. The van der Waals surface area contributed by atoms with E-state index in [9.17, 15) is 0 Å². The topological polar surface area (TPSA) is 27.7 Å². The summed E-state index contributed by atoms with van der Waals surface area (Å²) < 4.78 is 16.8. The van der Waals surface area contributed by atoms with Crippen LogP contribution < -0.4 is 14.2 Å². The van der Waals surface area contributed by atoms with E-state index in [0.29, 0.717) is 5.75 Å². The molecular weight excluding hydrogens is 379 g/mol. The summed E-state index contributed by atoms with van der Waals surface area (Å²) in [5.74, 6) is 2.27. The summed E-state index contributed by atoms with van der Waals surface area (Å²) in [6.45, 7) is 6.94. The van der Waals surface area contributed by atoms with Gasteiger partial charge in [0.1, 0.15) is 0 Å². The molecule has 1 aromatic carbocycles. The van der Waals surface area contributed by atoms with Gasteiger partial charge in [-0.15, -0.1) is 0 Å². The first-order valence-corrected chi connectivity index (χ1v) is 14.3. The lowest BCUT2D eigenvalue weighted by Gasteiger charge is -2.29. The van der Waals surface area contributed by atoms with Gasteiger partial charge in [0.2, 0.25) is 5.75 Å². The summed E-state index contributed by atoms with van der Waals surface area (Å²) in [5.41, 5.74) is 1.36. The maximum Gasteiger partial charge on any atom is 0.203 e. The van der Waals surface area contributed by atoms with Gasteiger partial charge in [-0.2, -0.15) is 0 Å². The number of rotatable bonds is 17. The van der Waals surface area contributed by atoms with Gasteiger partial charge in [0.25, 0.3) is 0 Å². The summed E-state index contributed by atoms with van der Waals surface area (Å²) in [5, 5.41) is 0. The molecule has 3 nitrogen and oxygen atoms in total. The lowest BCUT2D eigenvalue weighted by Crippen LogP contribution is -2.12. The molecule has 4 heteroatoms. The zero-order chi connectivity index (χ0) is 21.5. The van der Waals surface area contributed by atoms with E-state index >= 15 is 0 Å². The molecule has 0 spiro atoms. The minimum Gasteiger partial charge on any atom is -0.493 e. The van der Waals surface area contributed by atoms with Crippen LogP contribution in [0.5, 0.6) is 17.2 Å². The number of unbranched alkanes of at least 4 members (excludes halogenated alkanes) is 6. The molecule has 0 aliphatic rings. The van der Waals surface area contributed by atoms with Gasteiger partial charge in [-0.1, -0.05) is 59.3 Å². The van der Waals surface area contributed by atoms with Crippen LogP contribution in [0.3, 0.4) is 0 Å². The highest BCUT2D eigenvalue weighted by Crippen LogP contribution is 2.64. The first-order chi connectivity index (χ1) is 14.1. The van der Waals surface area contributed by atoms with E-state index in [1.165, 1.54) is 88.0 Å². The molecule has 0 saturated heterocycles. The highest BCUT2D eigenvalue weighted by molar-refractivity contribution is 7.75. The van der Waals surface area contributed by atoms with Crippen LogP contribution in [-0.4, -0.2) is 39.8 Å². The van der Waals surface area contributed by atoms with Crippen molar-refractivity contribution in [2.75, 3.05) is 39.8 Å². The van der Waals surface area contributed by atoms with Crippen LogP contribution in [0, 0.1) is 0 Å². The van der Waals surface area contributed by atoms with Gasteiger partial charge in [0, 0.05) is 7.26 Å². The lowest BCUT2D eigenvalue weighted by molar-refractivity contribution is 0.324. The molecule has 0 aliphatic heterocycles. The molecule has 0 atom stereocenters. The Balaban J connectivity index is 3.20. The van der Waals surface area contributed by atoms with Gasteiger partial charge in [-0.05, 0) is 37.0 Å². The van der Waals surface area contributed by atoms with Gasteiger partial charge in [-0.25, -0.2) is 0 Å². The molecule has 0 aliphatic carbocycles. The average Bonchev–Trinajstić information content (AvgIpc) is 2.73. The second kappa shape index (κ2) is 14.9. The molecular formula is C25H46O3P+. The van der Waals surface area contributed by atoms with E-state index < -0.39 is 7.26 Å². The van der Waals surface area contributed by atoms with Crippen molar-refractivity contribution >= 4 is 7.26 Å². The van der Waals surface area contributed by atoms with Crippen molar-refractivity contribution in [2.45, 2.75) is 84.7 Å². The van der Waals surface area contributed by atoms with Gasteiger partial charge >= 0.3 is 0 Å². The number of hydrogen-bond acceptors (Lipinski definition) is 3. The van der Waals surface area contributed by atoms with Crippen LogP contribution in [0.1, 0.15) is 84.1 Å². The van der Waals surface area contributed by atoms with Crippen molar-refractivity contribution in [1.29, 1.82) is 0 Å². The normalized spacial score (nSPS) is 11.5. The Morgan fingerprint density at radius 3 is 1.34 bits per heavy atom. The summed E-state index contributed by atoms with van der Waals surface area (Å²) in [6.07, 6.45) is 17.6. The molecule has 0 amide bonds.